The maximum atomic E-state index is 11.9. The Morgan fingerprint density at radius 2 is 2.11 bits per heavy atom. The maximum absolute atomic E-state index is 11.9. The fourth-order valence-corrected chi connectivity index (χ4v) is 1.56. The van der Waals surface area contributed by atoms with Crippen LogP contribution in [0.3, 0.4) is 0 Å². The van der Waals surface area contributed by atoms with E-state index >= 15 is 0 Å². The monoisotopic (exact) mass is 259 g/mol. The highest BCUT2D eigenvalue weighted by Crippen LogP contribution is 2.21. The summed E-state index contributed by atoms with van der Waals surface area (Å²) in [5.74, 6) is 0.928. The molecule has 0 aliphatic carbocycles. The fraction of sp³-hybridized carbons (Fsp3) is 0.429. The van der Waals surface area contributed by atoms with Crippen LogP contribution >= 0.6 is 0 Å². The van der Waals surface area contributed by atoms with Gasteiger partial charge in [-0.1, -0.05) is 25.9 Å². The van der Waals surface area contributed by atoms with Crippen LogP contribution in [0.15, 0.2) is 23.0 Å². The fourth-order valence-electron chi connectivity index (χ4n) is 1.56. The first-order valence-electron chi connectivity index (χ1n) is 6.15. The van der Waals surface area contributed by atoms with Crippen LogP contribution < -0.4 is 0 Å². The van der Waals surface area contributed by atoms with Crippen molar-refractivity contribution in [1.29, 1.82) is 0 Å². The van der Waals surface area contributed by atoms with Gasteiger partial charge in [0.05, 0.1) is 6.42 Å². The number of pyridine rings is 1. The third kappa shape index (κ3) is 3.05. The second-order valence-corrected chi connectivity index (χ2v) is 5.55. The van der Waals surface area contributed by atoms with Crippen LogP contribution in [0, 0.1) is 12.3 Å². The zero-order chi connectivity index (χ0) is 14.0. The van der Waals surface area contributed by atoms with Crippen molar-refractivity contribution >= 4 is 5.78 Å². The molecule has 0 fully saturated rings. The van der Waals surface area contributed by atoms with Crippen LogP contribution in [0.5, 0.6) is 0 Å². The van der Waals surface area contributed by atoms with Gasteiger partial charge < -0.3 is 4.52 Å². The molecule has 2 rings (SSSR count). The molecule has 0 saturated carbocycles. The summed E-state index contributed by atoms with van der Waals surface area (Å²) in [5.41, 5.74) is 1.44. The van der Waals surface area contributed by atoms with Gasteiger partial charge in [0, 0.05) is 23.4 Å². The number of hydrogen-bond donors (Lipinski definition) is 0. The van der Waals surface area contributed by atoms with Gasteiger partial charge >= 0.3 is 0 Å². The quantitative estimate of drug-likeness (QED) is 0.847. The van der Waals surface area contributed by atoms with Crippen molar-refractivity contribution in [2.24, 2.45) is 5.41 Å². The SMILES string of the molecule is Cc1cnccc1-c1noc(CC(=O)C(C)(C)C)n1. The van der Waals surface area contributed by atoms with Gasteiger partial charge in [0.1, 0.15) is 5.78 Å². The Morgan fingerprint density at radius 3 is 2.74 bits per heavy atom. The number of nitrogens with zero attached hydrogens (tertiary/aromatic N) is 3. The normalized spacial score (nSPS) is 11.6. The Hall–Kier alpha value is -2.04. The lowest BCUT2D eigenvalue weighted by molar-refractivity contribution is -0.125. The van der Waals surface area contributed by atoms with E-state index in [0.717, 1.165) is 11.1 Å². The average molecular weight is 259 g/mol. The van der Waals surface area contributed by atoms with Gasteiger partial charge in [-0.15, -0.1) is 0 Å². The van der Waals surface area contributed by atoms with E-state index in [4.69, 9.17) is 4.52 Å². The van der Waals surface area contributed by atoms with Crippen molar-refractivity contribution in [3.05, 3.63) is 29.9 Å². The highest BCUT2D eigenvalue weighted by atomic mass is 16.5. The van der Waals surface area contributed by atoms with E-state index in [2.05, 4.69) is 15.1 Å². The van der Waals surface area contributed by atoms with Crippen molar-refractivity contribution in [3.8, 4) is 11.4 Å². The molecule has 0 aliphatic heterocycles. The van der Waals surface area contributed by atoms with Crippen molar-refractivity contribution < 1.29 is 9.32 Å². The minimum absolute atomic E-state index is 0.0779. The summed E-state index contributed by atoms with van der Waals surface area (Å²) in [6, 6.07) is 1.83. The van der Waals surface area contributed by atoms with E-state index in [0.29, 0.717) is 11.7 Å². The van der Waals surface area contributed by atoms with Crippen molar-refractivity contribution in [1.82, 2.24) is 15.1 Å². The highest BCUT2D eigenvalue weighted by molar-refractivity contribution is 5.85. The molecule has 5 nitrogen and oxygen atoms in total. The molecule has 0 unspecified atom stereocenters. The van der Waals surface area contributed by atoms with Crippen LogP contribution in [0.25, 0.3) is 11.4 Å². The molecule has 0 saturated heterocycles. The zero-order valence-corrected chi connectivity index (χ0v) is 11.6. The lowest BCUT2D eigenvalue weighted by Crippen LogP contribution is -2.22. The number of aryl methyl sites for hydroxylation is 1. The third-order valence-electron chi connectivity index (χ3n) is 2.88. The first kappa shape index (κ1) is 13.4. The van der Waals surface area contributed by atoms with Crippen molar-refractivity contribution in [2.75, 3.05) is 0 Å². The molecule has 2 aromatic rings. The third-order valence-corrected chi connectivity index (χ3v) is 2.88. The molecule has 0 atom stereocenters. The van der Waals surface area contributed by atoms with Gasteiger partial charge in [-0.05, 0) is 18.6 Å². The second kappa shape index (κ2) is 4.91. The molecule has 5 heteroatoms. The minimum atomic E-state index is -0.402. The van der Waals surface area contributed by atoms with Crippen LogP contribution in [-0.4, -0.2) is 20.9 Å². The smallest absolute Gasteiger partial charge is 0.234 e. The zero-order valence-electron chi connectivity index (χ0n) is 11.6. The Bertz CT molecular complexity index is 597. The summed E-state index contributed by atoms with van der Waals surface area (Å²) in [6.07, 6.45) is 3.59. The molecule has 0 aliphatic rings. The maximum Gasteiger partial charge on any atom is 0.234 e. The van der Waals surface area contributed by atoms with Crippen LogP contribution in [0.2, 0.25) is 0 Å². The van der Waals surface area contributed by atoms with E-state index in [-0.39, 0.29) is 12.2 Å². The molecule has 0 aromatic carbocycles. The summed E-state index contributed by atoms with van der Waals surface area (Å²) >= 11 is 0. The van der Waals surface area contributed by atoms with E-state index in [9.17, 15) is 4.79 Å². The van der Waals surface area contributed by atoms with Crippen molar-refractivity contribution in [2.45, 2.75) is 34.1 Å². The van der Waals surface area contributed by atoms with E-state index < -0.39 is 5.41 Å². The molecule has 0 spiro atoms. The molecule has 2 heterocycles. The Labute approximate surface area is 112 Å². The molecular weight excluding hydrogens is 242 g/mol. The van der Waals surface area contributed by atoms with Gasteiger partial charge in [-0.3, -0.25) is 9.78 Å². The second-order valence-electron chi connectivity index (χ2n) is 5.55. The highest BCUT2D eigenvalue weighted by Gasteiger charge is 2.24. The van der Waals surface area contributed by atoms with E-state index in [1.165, 1.54) is 0 Å². The Balaban J connectivity index is 2.21. The summed E-state index contributed by atoms with van der Waals surface area (Å²) < 4.78 is 5.14. The van der Waals surface area contributed by atoms with Gasteiger partial charge in [0.2, 0.25) is 11.7 Å². The average Bonchev–Trinajstić information content (AvgIpc) is 2.76. The Kier molecular flexibility index (Phi) is 3.46. The largest absolute Gasteiger partial charge is 0.339 e. The molecular formula is C14H17N3O2. The first-order chi connectivity index (χ1) is 8.88. The van der Waals surface area contributed by atoms with Crippen LogP contribution in [-0.2, 0) is 11.2 Å². The first-order valence-corrected chi connectivity index (χ1v) is 6.15. The van der Waals surface area contributed by atoms with Crippen LogP contribution in [0.4, 0.5) is 0 Å². The molecule has 0 amide bonds. The van der Waals surface area contributed by atoms with Gasteiger partial charge in [-0.25, -0.2) is 0 Å². The summed E-state index contributed by atoms with van der Waals surface area (Å²) in [7, 11) is 0. The lowest BCUT2D eigenvalue weighted by atomic mass is 9.89. The number of Topliss-reactive ketones (excluding diaryl/α,β-unsaturated/α-hetero) is 1. The Morgan fingerprint density at radius 1 is 1.37 bits per heavy atom. The van der Waals surface area contributed by atoms with Crippen LogP contribution in [0.1, 0.15) is 32.2 Å². The summed E-state index contributed by atoms with van der Waals surface area (Å²) in [6.45, 7) is 7.55. The van der Waals surface area contributed by atoms with Gasteiger partial charge in [-0.2, -0.15) is 4.98 Å². The van der Waals surface area contributed by atoms with Gasteiger partial charge in [0.15, 0.2) is 0 Å². The van der Waals surface area contributed by atoms with Crippen molar-refractivity contribution in [3.63, 3.8) is 0 Å². The molecule has 2 aromatic heterocycles. The summed E-state index contributed by atoms with van der Waals surface area (Å²) in [4.78, 5) is 20.2. The van der Waals surface area contributed by atoms with E-state index in [1.54, 1.807) is 12.4 Å². The van der Waals surface area contributed by atoms with E-state index in [1.807, 2.05) is 33.8 Å². The number of carbonyl (C=O) groups is 1. The molecule has 0 radical (unpaired) electrons. The lowest BCUT2D eigenvalue weighted by Gasteiger charge is -2.14. The molecule has 0 N–H and O–H groups in total. The van der Waals surface area contributed by atoms with Gasteiger partial charge in [0.25, 0.3) is 0 Å². The molecule has 100 valence electrons. The number of ketones is 1. The minimum Gasteiger partial charge on any atom is -0.339 e. The molecule has 0 bridgehead atoms. The summed E-state index contributed by atoms with van der Waals surface area (Å²) in [5, 5.41) is 3.92. The standard InChI is InChI=1S/C14H17N3O2/c1-9-8-15-6-5-10(9)13-16-12(19-17-13)7-11(18)14(2,3)4/h5-6,8H,7H2,1-4H3. The number of hydrogen-bond acceptors (Lipinski definition) is 5. The topological polar surface area (TPSA) is 68.9 Å². The predicted octanol–water partition coefficient (Wildman–Crippen LogP) is 2.60. The molecule has 19 heavy (non-hydrogen) atoms. The number of rotatable bonds is 3. The number of carbonyl (C=O) groups excluding carboxylic acids is 1. The number of aromatic nitrogens is 3. The predicted molar refractivity (Wildman–Crippen MR) is 70.4 cm³/mol.